The van der Waals surface area contributed by atoms with Crippen molar-refractivity contribution in [1.29, 1.82) is 0 Å². The lowest BCUT2D eigenvalue weighted by molar-refractivity contribution is 0.142. The Balaban J connectivity index is 3.09. The zero-order valence-electron chi connectivity index (χ0n) is 5.26. The van der Waals surface area contributed by atoms with E-state index in [4.69, 9.17) is 16.7 Å². The molecule has 5 heteroatoms. The van der Waals surface area contributed by atoms with Gasteiger partial charge in [-0.25, -0.2) is 13.8 Å². The first-order chi connectivity index (χ1) is 5.11. The molecule has 11 heavy (non-hydrogen) atoms. The Hall–Kier alpha value is -0.900. The van der Waals surface area contributed by atoms with Gasteiger partial charge in [-0.2, -0.15) is 0 Å². The molecule has 60 valence electrons. The van der Waals surface area contributed by atoms with Gasteiger partial charge in [0.2, 0.25) is 0 Å². The minimum Gasteiger partial charge on any atom is -0.506 e. The van der Waals surface area contributed by atoms with E-state index in [-0.39, 0.29) is 5.02 Å². The van der Waals surface area contributed by atoms with Crippen LogP contribution in [0.1, 0.15) is 12.1 Å². The summed E-state index contributed by atoms with van der Waals surface area (Å²) in [6.45, 7) is 0. The second-order valence-electron chi connectivity index (χ2n) is 1.86. The molecule has 0 saturated heterocycles. The molecule has 0 radical (unpaired) electrons. The van der Waals surface area contributed by atoms with Crippen LogP contribution in [-0.4, -0.2) is 10.1 Å². The Morgan fingerprint density at radius 2 is 2.18 bits per heavy atom. The number of hydrogen-bond donors (Lipinski definition) is 1. The van der Waals surface area contributed by atoms with Crippen LogP contribution in [0.5, 0.6) is 5.75 Å². The molecule has 0 spiro atoms. The highest BCUT2D eigenvalue weighted by molar-refractivity contribution is 6.30. The lowest BCUT2D eigenvalue weighted by Crippen LogP contribution is -1.89. The predicted molar refractivity (Wildman–Crippen MR) is 35.9 cm³/mol. The molecular weight excluding hydrogens is 176 g/mol. The monoisotopic (exact) mass is 179 g/mol. The maximum atomic E-state index is 11.9. The van der Waals surface area contributed by atoms with Crippen molar-refractivity contribution in [2.45, 2.75) is 6.43 Å². The molecule has 0 amide bonds. The molecule has 1 heterocycles. The van der Waals surface area contributed by atoms with Crippen molar-refractivity contribution in [1.82, 2.24) is 4.98 Å². The van der Waals surface area contributed by atoms with Gasteiger partial charge >= 0.3 is 0 Å². The van der Waals surface area contributed by atoms with E-state index >= 15 is 0 Å². The zero-order chi connectivity index (χ0) is 8.43. The van der Waals surface area contributed by atoms with Gasteiger partial charge in [0.15, 0.2) is 0 Å². The number of pyridine rings is 1. The minimum atomic E-state index is -2.77. The van der Waals surface area contributed by atoms with Crippen molar-refractivity contribution in [3.8, 4) is 5.75 Å². The molecule has 0 aliphatic rings. The maximum Gasteiger partial charge on any atom is 0.284 e. The van der Waals surface area contributed by atoms with E-state index in [2.05, 4.69) is 4.98 Å². The fourth-order valence-electron chi connectivity index (χ4n) is 0.607. The summed E-state index contributed by atoms with van der Waals surface area (Å²) in [5.74, 6) is -0.576. The standard InChI is InChI=1S/C6H4ClF2NO/c7-3-1-4(11)5(6(8)9)10-2-3/h1-2,6,11H. The quantitative estimate of drug-likeness (QED) is 0.718. The summed E-state index contributed by atoms with van der Waals surface area (Å²) >= 11 is 5.35. The number of halogens is 3. The van der Waals surface area contributed by atoms with Crippen molar-refractivity contribution in [2.75, 3.05) is 0 Å². The number of aromatic hydroxyl groups is 1. The Kier molecular flexibility index (Phi) is 2.24. The summed E-state index contributed by atoms with van der Waals surface area (Å²) in [6, 6.07) is 1.02. The van der Waals surface area contributed by atoms with Crippen molar-refractivity contribution in [3.63, 3.8) is 0 Å². The van der Waals surface area contributed by atoms with Gasteiger partial charge in [0.05, 0.1) is 5.02 Å². The minimum absolute atomic E-state index is 0.131. The molecule has 0 fully saturated rings. The van der Waals surface area contributed by atoms with Crippen molar-refractivity contribution in [2.24, 2.45) is 0 Å². The predicted octanol–water partition coefficient (Wildman–Crippen LogP) is 2.38. The van der Waals surface area contributed by atoms with E-state index < -0.39 is 17.9 Å². The second-order valence-corrected chi connectivity index (χ2v) is 2.30. The molecule has 1 N–H and O–H groups in total. The van der Waals surface area contributed by atoms with E-state index in [1.165, 1.54) is 0 Å². The van der Waals surface area contributed by atoms with E-state index in [0.717, 1.165) is 12.3 Å². The van der Waals surface area contributed by atoms with Crippen LogP contribution in [0.4, 0.5) is 8.78 Å². The molecule has 1 aromatic heterocycles. The molecule has 1 aromatic rings. The highest BCUT2D eigenvalue weighted by Gasteiger charge is 2.13. The van der Waals surface area contributed by atoms with Gasteiger partial charge in [-0.05, 0) is 0 Å². The van der Waals surface area contributed by atoms with Gasteiger partial charge in [-0.1, -0.05) is 11.6 Å². The third-order valence-electron chi connectivity index (χ3n) is 1.07. The molecule has 0 saturated carbocycles. The lowest BCUT2D eigenvalue weighted by Gasteiger charge is -2.00. The van der Waals surface area contributed by atoms with Crippen LogP contribution in [0.2, 0.25) is 5.02 Å². The maximum absolute atomic E-state index is 11.9. The third kappa shape index (κ3) is 1.77. The summed E-state index contributed by atoms with van der Waals surface area (Å²) in [5, 5.41) is 8.97. The fourth-order valence-corrected chi connectivity index (χ4v) is 0.759. The van der Waals surface area contributed by atoms with E-state index in [9.17, 15) is 8.78 Å². The molecule has 0 bridgehead atoms. The second kappa shape index (κ2) is 3.00. The van der Waals surface area contributed by atoms with Crippen LogP contribution in [0, 0.1) is 0 Å². The Morgan fingerprint density at radius 3 is 2.64 bits per heavy atom. The Morgan fingerprint density at radius 1 is 1.55 bits per heavy atom. The summed E-state index contributed by atoms with van der Waals surface area (Å²) < 4.78 is 23.8. The summed E-state index contributed by atoms with van der Waals surface area (Å²) in [5.41, 5.74) is -0.644. The number of aromatic nitrogens is 1. The highest BCUT2D eigenvalue weighted by Crippen LogP contribution is 2.27. The van der Waals surface area contributed by atoms with Gasteiger partial charge in [0.1, 0.15) is 11.4 Å². The van der Waals surface area contributed by atoms with Gasteiger partial charge in [-0.3, -0.25) is 0 Å². The molecule has 0 aromatic carbocycles. The third-order valence-corrected chi connectivity index (χ3v) is 1.28. The van der Waals surface area contributed by atoms with Gasteiger partial charge < -0.3 is 5.11 Å². The van der Waals surface area contributed by atoms with Crippen molar-refractivity contribution in [3.05, 3.63) is 23.0 Å². The largest absolute Gasteiger partial charge is 0.506 e. The molecule has 0 aliphatic carbocycles. The molecule has 1 rings (SSSR count). The average molecular weight is 180 g/mol. The zero-order valence-corrected chi connectivity index (χ0v) is 6.02. The van der Waals surface area contributed by atoms with E-state index in [1.807, 2.05) is 0 Å². The van der Waals surface area contributed by atoms with Crippen LogP contribution in [-0.2, 0) is 0 Å². The lowest BCUT2D eigenvalue weighted by atomic mass is 10.3. The van der Waals surface area contributed by atoms with Crippen molar-refractivity contribution < 1.29 is 13.9 Å². The van der Waals surface area contributed by atoms with Crippen LogP contribution in [0.3, 0.4) is 0 Å². The number of rotatable bonds is 1. The van der Waals surface area contributed by atoms with Crippen LogP contribution in [0.15, 0.2) is 12.3 Å². The molecule has 0 aliphatic heterocycles. The Labute approximate surface area is 66.4 Å². The van der Waals surface area contributed by atoms with Crippen LogP contribution in [0.25, 0.3) is 0 Å². The Bertz CT molecular complexity index is 267. The number of nitrogens with zero attached hydrogens (tertiary/aromatic N) is 1. The topological polar surface area (TPSA) is 33.1 Å². The average Bonchev–Trinajstić information content (AvgIpc) is 1.85. The number of hydrogen-bond acceptors (Lipinski definition) is 2. The van der Waals surface area contributed by atoms with E-state index in [1.54, 1.807) is 0 Å². The van der Waals surface area contributed by atoms with Gasteiger partial charge in [0, 0.05) is 12.3 Å². The van der Waals surface area contributed by atoms with Gasteiger partial charge in [-0.15, -0.1) is 0 Å². The van der Waals surface area contributed by atoms with Crippen LogP contribution < -0.4 is 0 Å². The SMILES string of the molecule is Oc1cc(Cl)cnc1C(F)F. The van der Waals surface area contributed by atoms with Gasteiger partial charge in [0.25, 0.3) is 6.43 Å². The first kappa shape index (κ1) is 8.20. The molecule has 2 nitrogen and oxygen atoms in total. The molecule has 0 unspecified atom stereocenters. The summed E-state index contributed by atoms with van der Waals surface area (Å²) in [7, 11) is 0. The fraction of sp³-hybridized carbons (Fsp3) is 0.167. The smallest absolute Gasteiger partial charge is 0.284 e. The molecular formula is C6H4ClF2NO. The summed E-state index contributed by atoms with van der Waals surface area (Å²) in [4.78, 5) is 3.25. The molecule has 0 atom stereocenters. The van der Waals surface area contributed by atoms with Crippen molar-refractivity contribution >= 4 is 11.6 Å². The first-order valence-electron chi connectivity index (χ1n) is 2.74. The van der Waals surface area contributed by atoms with Crippen LogP contribution >= 0.6 is 11.6 Å². The number of alkyl halides is 2. The highest BCUT2D eigenvalue weighted by atomic mass is 35.5. The normalized spacial score (nSPS) is 10.5. The first-order valence-corrected chi connectivity index (χ1v) is 3.11. The summed E-state index contributed by atoms with van der Waals surface area (Å²) in [6.07, 6.45) is -1.71. The van der Waals surface area contributed by atoms with E-state index in [0.29, 0.717) is 0 Å².